The molecule has 1 rings (SSSR count). The molecule has 1 atom stereocenters. The quantitative estimate of drug-likeness (QED) is 0.283. The number of primary amides is 1. The van der Waals surface area contributed by atoms with Crippen molar-refractivity contribution in [2.45, 2.75) is 64.7 Å². The molecular weight excluding hydrogens is 408 g/mol. The molecular formula is C20H34Cl3NOP+. The van der Waals surface area contributed by atoms with Crippen molar-refractivity contribution < 1.29 is 4.79 Å². The number of unbranched alkanes of at least 4 members (excludes halogenated alkanes) is 3. The third-order valence-corrected chi connectivity index (χ3v) is 8.33. The Labute approximate surface area is 175 Å². The Kier molecular flexibility index (Phi) is 16.0. The van der Waals surface area contributed by atoms with Crippen LogP contribution in [-0.4, -0.2) is 24.4 Å². The number of amides is 1. The lowest BCUT2D eigenvalue weighted by molar-refractivity contribution is -0.117. The Bertz CT molecular complexity index is 495. The summed E-state index contributed by atoms with van der Waals surface area (Å²) in [4.78, 5) is 10.7. The minimum atomic E-state index is -0.912. The van der Waals surface area contributed by atoms with E-state index < -0.39 is 11.3 Å². The average molecular weight is 442 g/mol. The molecule has 2 nitrogen and oxygen atoms in total. The number of halogens is 3. The number of carbonyl (C=O) groups excluding carboxylic acids is 1. The van der Waals surface area contributed by atoms with Crippen LogP contribution in [0.3, 0.4) is 0 Å². The number of benzene rings is 1. The molecule has 1 aromatic rings. The second-order valence-electron chi connectivity index (χ2n) is 6.49. The molecule has 0 heterocycles. The van der Waals surface area contributed by atoms with E-state index in [0.29, 0.717) is 15.6 Å². The number of hydrogen-bond donors (Lipinski definition) is 1. The molecule has 2 N–H and O–H groups in total. The summed E-state index contributed by atoms with van der Waals surface area (Å²) in [6.45, 7) is 6.96. The van der Waals surface area contributed by atoms with Crippen LogP contribution in [0.15, 0.2) is 18.2 Å². The van der Waals surface area contributed by atoms with Crippen LogP contribution in [0, 0.1) is 0 Å². The molecule has 0 spiro atoms. The molecule has 1 amide bonds. The van der Waals surface area contributed by atoms with Gasteiger partial charge in [0.1, 0.15) is 5.38 Å². The molecule has 1 unspecified atom stereocenters. The Morgan fingerprint density at radius 3 is 1.81 bits per heavy atom. The predicted molar refractivity (Wildman–Crippen MR) is 122 cm³/mol. The number of rotatable bonds is 11. The first-order chi connectivity index (χ1) is 12.4. The summed E-state index contributed by atoms with van der Waals surface area (Å²) in [7, 11) is 0.0675. The Morgan fingerprint density at radius 1 is 1.00 bits per heavy atom. The molecule has 1 aromatic carbocycles. The van der Waals surface area contributed by atoms with E-state index in [2.05, 4.69) is 20.8 Å². The summed E-state index contributed by atoms with van der Waals surface area (Å²) in [5, 5.41) is -0.0850. The average Bonchev–Trinajstić information content (AvgIpc) is 2.61. The summed E-state index contributed by atoms with van der Waals surface area (Å²) in [6.07, 6.45) is 13.4. The first-order valence-corrected chi connectivity index (χ1v) is 12.9. The number of carbonyl (C=O) groups is 1. The Balaban J connectivity index is 0.000000481. The van der Waals surface area contributed by atoms with Gasteiger partial charge in [0.2, 0.25) is 5.91 Å². The molecule has 0 bridgehead atoms. The normalized spacial score (nSPS) is 11.8. The first kappa shape index (κ1) is 26.0. The molecule has 0 aliphatic carbocycles. The highest BCUT2D eigenvalue weighted by atomic mass is 35.5. The van der Waals surface area contributed by atoms with E-state index in [9.17, 15) is 4.79 Å². The highest BCUT2D eigenvalue weighted by molar-refractivity contribution is 7.57. The topological polar surface area (TPSA) is 43.1 Å². The Hall–Kier alpha value is -0.0100. The molecule has 0 aliphatic heterocycles. The second kappa shape index (κ2) is 16.0. The van der Waals surface area contributed by atoms with Gasteiger partial charge in [0, 0.05) is 18.0 Å². The third-order valence-electron chi connectivity index (χ3n) is 4.14. The van der Waals surface area contributed by atoms with Gasteiger partial charge in [0.15, 0.2) is 0 Å². The molecule has 26 heavy (non-hydrogen) atoms. The van der Waals surface area contributed by atoms with Crippen LogP contribution in [0.4, 0.5) is 0 Å². The maximum Gasteiger partial charge on any atom is 0.240 e. The highest BCUT2D eigenvalue weighted by Crippen LogP contribution is 2.38. The molecule has 6 heteroatoms. The van der Waals surface area contributed by atoms with E-state index in [1.807, 2.05) is 0 Å². The van der Waals surface area contributed by atoms with Gasteiger partial charge >= 0.3 is 0 Å². The molecule has 0 fully saturated rings. The highest BCUT2D eigenvalue weighted by Gasteiger charge is 2.17. The van der Waals surface area contributed by atoms with E-state index in [1.54, 1.807) is 30.6 Å². The fraction of sp³-hybridized carbons (Fsp3) is 0.650. The van der Waals surface area contributed by atoms with Crippen LogP contribution in [0.2, 0.25) is 10.0 Å². The minimum Gasteiger partial charge on any atom is -0.368 e. The maximum atomic E-state index is 10.7. The lowest BCUT2D eigenvalue weighted by Gasteiger charge is -2.09. The molecule has 0 radical (unpaired) electrons. The SMILES string of the molecule is CCCC[PH+](CCCC)CCCC.NC(=O)C(Cl)c1ccc(Cl)cc1Cl. The lowest BCUT2D eigenvalue weighted by Crippen LogP contribution is -2.17. The van der Waals surface area contributed by atoms with Crippen LogP contribution >= 0.6 is 42.7 Å². The van der Waals surface area contributed by atoms with E-state index in [-0.39, 0.29) is 7.92 Å². The van der Waals surface area contributed by atoms with Gasteiger partial charge in [-0.3, -0.25) is 4.79 Å². The van der Waals surface area contributed by atoms with Gasteiger partial charge in [-0.15, -0.1) is 11.6 Å². The maximum absolute atomic E-state index is 10.7. The fourth-order valence-electron chi connectivity index (χ4n) is 2.52. The van der Waals surface area contributed by atoms with E-state index in [4.69, 9.17) is 40.5 Å². The summed E-state index contributed by atoms with van der Waals surface area (Å²) in [6, 6.07) is 4.69. The van der Waals surface area contributed by atoms with Crippen molar-refractivity contribution in [1.82, 2.24) is 0 Å². The third kappa shape index (κ3) is 11.7. The first-order valence-electron chi connectivity index (χ1n) is 9.59. The fourth-order valence-corrected chi connectivity index (χ4v) is 6.59. The van der Waals surface area contributed by atoms with Crippen molar-refractivity contribution in [2.75, 3.05) is 18.5 Å². The van der Waals surface area contributed by atoms with Crippen LogP contribution in [0.1, 0.15) is 70.2 Å². The summed E-state index contributed by atoms with van der Waals surface area (Å²) >= 11 is 17.1. The predicted octanol–water partition coefficient (Wildman–Crippen LogP) is 7.36. The van der Waals surface area contributed by atoms with Crippen molar-refractivity contribution in [1.29, 1.82) is 0 Å². The van der Waals surface area contributed by atoms with Crippen molar-refractivity contribution in [3.05, 3.63) is 33.8 Å². The molecule has 0 aliphatic rings. The summed E-state index contributed by atoms with van der Waals surface area (Å²) in [5.74, 6) is -0.633. The van der Waals surface area contributed by atoms with Gasteiger partial charge in [-0.25, -0.2) is 0 Å². The van der Waals surface area contributed by atoms with Crippen molar-refractivity contribution in [2.24, 2.45) is 5.73 Å². The van der Waals surface area contributed by atoms with Crippen molar-refractivity contribution in [3.8, 4) is 0 Å². The molecule has 0 aromatic heterocycles. The smallest absolute Gasteiger partial charge is 0.240 e. The molecule has 0 saturated heterocycles. The zero-order valence-electron chi connectivity index (χ0n) is 16.3. The van der Waals surface area contributed by atoms with Crippen molar-refractivity contribution >= 4 is 48.6 Å². The summed E-state index contributed by atoms with van der Waals surface area (Å²) < 4.78 is 0. The summed E-state index contributed by atoms with van der Waals surface area (Å²) in [5.41, 5.74) is 5.48. The van der Waals surface area contributed by atoms with Gasteiger partial charge in [-0.2, -0.15) is 0 Å². The van der Waals surface area contributed by atoms with E-state index >= 15 is 0 Å². The number of alkyl halides is 1. The van der Waals surface area contributed by atoms with E-state index in [0.717, 1.165) is 0 Å². The number of hydrogen-bond acceptors (Lipinski definition) is 1. The number of nitrogens with two attached hydrogens (primary N) is 1. The van der Waals surface area contributed by atoms with Crippen LogP contribution in [-0.2, 0) is 4.79 Å². The standard InChI is InChI=1S/C12H27P.C8H6Cl3NO/c1-4-7-10-13(11-8-5-2)12-9-6-3;9-4-1-2-5(6(10)3-4)7(11)8(12)13/h4-12H2,1-3H3;1-3,7H,(H2,12,13)/p+1. The zero-order valence-corrected chi connectivity index (χ0v) is 19.6. The largest absolute Gasteiger partial charge is 0.368 e. The van der Waals surface area contributed by atoms with Crippen LogP contribution in [0.25, 0.3) is 0 Å². The van der Waals surface area contributed by atoms with Gasteiger partial charge < -0.3 is 5.73 Å². The van der Waals surface area contributed by atoms with E-state index in [1.165, 1.54) is 44.6 Å². The molecule has 0 saturated carbocycles. The van der Waals surface area contributed by atoms with Gasteiger partial charge in [0.05, 0.1) is 18.5 Å². The van der Waals surface area contributed by atoms with Crippen LogP contribution < -0.4 is 5.73 Å². The second-order valence-corrected chi connectivity index (χ2v) is 10.8. The van der Waals surface area contributed by atoms with Crippen LogP contribution in [0.5, 0.6) is 0 Å². The Morgan fingerprint density at radius 2 is 1.46 bits per heavy atom. The van der Waals surface area contributed by atoms with Crippen molar-refractivity contribution in [3.63, 3.8) is 0 Å². The van der Waals surface area contributed by atoms with Gasteiger partial charge in [0.25, 0.3) is 0 Å². The monoisotopic (exact) mass is 440 g/mol. The minimum absolute atomic E-state index is 0.0675. The lowest BCUT2D eigenvalue weighted by atomic mass is 10.1. The zero-order chi connectivity index (χ0) is 19.9. The molecule has 150 valence electrons. The van der Waals surface area contributed by atoms with Gasteiger partial charge in [-0.1, -0.05) is 69.3 Å². The van der Waals surface area contributed by atoms with Gasteiger partial charge in [-0.05, 0) is 37.0 Å².